The van der Waals surface area contributed by atoms with Crippen LogP contribution in [0.4, 0.5) is 0 Å². The molecule has 2 heterocycles. The van der Waals surface area contributed by atoms with Crippen LogP contribution in [0.3, 0.4) is 0 Å². The number of ether oxygens (including phenoxy) is 1. The Balaban J connectivity index is 1.58. The lowest BCUT2D eigenvalue weighted by atomic mass is 9.98. The van der Waals surface area contributed by atoms with Crippen LogP contribution in [-0.2, 0) is 7.05 Å². The number of para-hydroxylation sites is 1. The Labute approximate surface area is 136 Å². The molecule has 5 nitrogen and oxygen atoms in total. The largest absolute Gasteiger partial charge is 0.493 e. The number of amides is 1. The lowest BCUT2D eigenvalue weighted by molar-refractivity contribution is 0.0627. The molecule has 0 radical (unpaired) electrons. The molecule has 3 rings (SSSR count). The first kappa shape index (κ1) is 15.6. The summed E-state index contributed by atoms with van der Waals surface area (Å²) < 4.78 is 7.76. The number of carbonyl (C=O) groups excluding carboxylic acids is 1. The van der Waals surface area contributed by atoms with Crippen LogP contribution in [0.2, 0.25) is 0 Å². The van der Waals surface area contributed by atoms with Gasteiger partial charge < -0.3 is 14.2 Å². The highest BCUT2D eigenvalue weighted by molar-refractivity contribution is 5.92. The Hall–Kier alpha value is -2.30. The smallest absolute Gasteiger partial charge is 0.274 e. The molecule has 1 unspecified atom stereocenters. The second-order valence-electron chi connectivity index (χ2n) is 6.26. The van der Waals surface area contributed by atoms with Gasteiger partial charge in [0.2, 0.25) is 0 Å². The first-order valence-corrected chi connectivity index (χ1v) is 8.09. The van der Waals surface area contributed by atoms with Gasteiger partial charge in [0.1, 0.15) is 11.4 Å². The molecule has 1 saturated heterocycles. The van der Waals surface area contributed by atoms with E-state index in [9.17, 15) is 4.79 Å². The number of nitrogens with zero attached hydrogens (tertiary/aromatic N) is 3. The predicted octanol–water partition coefficient (Wildman–Crippen LogP) is 2.66. The van der Waals surface area contributed by atoms with Gasteiger partial charge in [-0.3, -0.25) is 4.79 Å². The van der Waals surface area contributed by atoms with E-state index in [-0.39, 0.29) is 5.91 Å². The van der Waals surface area contributed by atoms with Gasteiger partial charge in [0.25, 0.3) is 5.91 Å². The number of rotatable bonds is 4. The summed E-state index contributed by atoms with van der Waals surface area (Å²) in [4.78, 5) is 18.6. The van der Waals surface area contributed by atoms with E-state index >= 15 is 0 Å². The van der Waals surface area contributed by atoms with E-state index in [1.54, 1.807) is 17.1 Å². The van der Waals surface area contributed by atoms with Crippen molar-refractivity contribution in [3.05, 3.63) is 48.0 Å². The molecule has 1 fully saturated rings. The zero-order valence-electron chi connectivity index (χ0n) is 13.7. The number of piperidine rings is 1. The van der Waals surface area contributed by atoms with Gasteiger partial charge in [-0.15, -0.1) is 0 Å². The Morgan fingerprint density at radius 2 is 2.22 bits per heavy atom. The van der Waals surface area contributed by atoms with Crippen molar-refractivity contribution in [1.29, 1.82) is 0 Å². The van der Waals surface area contributed by atoms with Crippen molar-refractivity contribution < 1.29 is 9.53 Å². The summed E-state index contributed by atoms with van der Waals surface area (Å²) in [7, 11) is 1.87. The average molecular weight is 313 g/mol. The van der Waals surface area contributed by atoms with E-state index < -0.39 is 0 Å². The summed E-state index contributed by atoms with van der Waals surface area (Å²) in [6, 6.07) is 8.04. The summed E-state index contributed by atoms with van der Waals surface area (Å²) in [5.41, 5.74) is 1.66. The van der Waals surface area contributed by atoms with Crippen molar-refractivity contribution >= 4 is 5.91 Å². The first-order valence-electron chi connectivity index (χ1n) is 8.09. The maximum atomic E-state index is 12.5. The number of imidazole rings is 1. The van der Waals surface area contributed by atoms with Crippen LogP contribution in [-0.4, -0.2) is 40.1 Å². The van der Waals surface area contributed by atoms with Crippen molar-refractivity contribution in [2.24, 2.45) is 13.0 Å². The molecule has 1 aromatic carbocycles. The molecule has 1 aliphatic rings. The van der Waals surface area contributed by atoms with Gasteiger partial charge in [-0.05, 0) is 31.4 Å². The highest BCUT2D eigenvalue weighted by Gasteiger charge is 2.26. The molecule has 0 aliphatic carbocycles. The minimum Gasteiger partial charge on any atom is -0.493 e. The lowest BCUT2D eigenvalue weighted by Gasteiger charge is -2.32. The Morgan fingerprint density at radius 3 is 2.96 bits per heavy atom. The quantitative estimate of drug-likeness (QED) is 0.872. The minimum absolute atomic E-state index is 0.0196. The summed E-state index contributed by atoms with van der Waals surface area (Å²) in [6.45, 7) is 4.24. The van der Waals surface area contributed by atoms with Crippen molar-refractivity contribution in [3.63, 3.8) is 0 Å². The average Bonchev–Trinajstić information content (AvgIpc) is 3.00. The molecule has 0 N–H and O–H groups in total. The fraction of sp³-hybridized carbons (Fsp3) is 0.444. The molecule has 0 spiro atoms. The number of hydrogen-bond acceptors (Lipinski definition) is 3. The number of hydrogen-bond donors (Lipinski definition) is 0. The maximum Gasteiger partial charge on any atom is 0.274 e. The molecule has 0 bridgehead atoms. The van der Waals surface area contributed by atoms with E-state index in [1.165, 1.54) is 0 Å². The molecule has 1 aromatic heterocycles. The molecule has 0 saturated carbocycles. The third kappa shape index (κ3) is 3.73. The van der Waals surface area contributed by atoms with Gasteiger partial charge in [0.05, 0.1) is 12.9 Å². The lowest BCUT2D eigenvalue weighted by Crippen LogP contribution is -2.41. The van der Waals surface area contributed by atoms with Gasteiger partial charge >= 0.3 is 0 Å². The number of benzene rings is 1. The second-order valence-corrected chi connectivity index (χ2v) is 6.26. The van der Waals surface area contributed by atoms with Crippen LogP contribution < -0.4 is 4.74 Å². The minimum atomic E-state index is 0.0196. The zero-order chi connectivity index (χ0) is 16.2. The Kier molecular flexibility index (Phi) is 4.65. The number of carbonyl (C=O) groups is 1. The maximum absolute atomic E-state index is 12.5. The van der Waals surface area contributed by atoms with Crippen molar-refractivity contribution in [2.75, 3.05) is 19.7 Å². The summed E-state index contributed by atoms with van der Waals surface area (Å²) >= 11 is 0. The standard InChI is InChI=1S/C18H23N3O2/c1-14-6-3-4-8-17(14)23-12-15-7-5-9-21(10-15)18(22)16-11-20(2)13-19-16/h3-4,6,8,11,13,15H,5,7,9-10,12H2,1-2H3. The molecule has 122 valence electrons. The van der Waals surface area contributed by atoms with E-state index in [1.807, 2.05) is 43.1 Å². The third-order valence-electron chi connectivity index (χ3n) is 4.30. The van der Waals surface area contributed by atoms with E-state index in [2.05, 4.69) is 4.98 Å². The van der Waals surface area contributed by atoms with Gasteiger partial charge in [0, 0.05) is 32.3 Å². The molecule has 1 amide bonds. The fourth-order valence-electron chi connectivity index (χ4n) is 3.00. The van der Waals surface area contributed by atoms with Crippen LogP contribution in [0.1, 0.15) is 28.9 Å². The van der Waals surface area contributed by atoms with Gasteiger partial charge in [-0.2, -0.15) is 0 Å². The summed E-state index contributed by atoms with van der Waals surface area (Å²) in [5, 5.41) is 0. The fourth-order valence-corrected chi connectivity index (χ4v) is 3.00. The molecular weight excluding hydrogens is 290 g/mol. The molecule has 5 heteroatoms. The van der Waals surface area contributed by atoms with Crippen LogP contribution in [0, 0.1) is 12.8 Å². The van der Waals surface area contributed by atoms with Crippen LogP contribution in [0.25, 0.3) is 0 Å². The van der Waals surface area contributed by atoms with Gasteiger partial charge in [0.15, 0.2) is 0 Å². The normalized spacial score (nSPS) is 18.0. The highest BCUT2D eigenvalue weighted by Crippen LogP contribution is 2.22. The molecular formula is C18H23N3O2. The van der Waals surface area contributed by atoms with Crippen LogP contribution in [0.15, 0.2) is 36.8 Å². The third-order valence-corrected chi connectivity index (χ3v) is 4.30. The summed E-state index contributed by atoms with van der Waals surface area (Å²) in [6.07, 6.45) is 5.55. The van der Waals surface area contributed by atoms with Gasteiger partial charge in [-0.1, -0.05) is 18.2 Å². The topological polar surface area (TPSA) is 47.4 Å². The number of aryl methyl sites for hydroxylation is 2. The summed E-state index contributed by atoms with van der Waals surface area (Å²) in [5.74, 6) is 1.32. The van der Waals surface area contributed by atoms with Crippen molar-refractivity contribution in [1.82, 2.24) is 14.5 Å². The van der Waals surface area contributed by atoms with E-state index in [0.29, 0.717) is 18.2 Å². The van der Waals surface area contributed by atoms with E-state index in [4.69, 9.17) is 4.74 Å². The highest BCUT2D eigenvalue weighted by atomic mass is 16.5. The Morgan fingerprint density at radius 1 is 1.39 bits per heavy atom. The second kappa shape index (κ2) is 6.86. The molecule has 2 aromatic rings. The molecule has 1 aliphatic heterocycles. The molecule has 23 heavy (non-hydrogen) atoms. The predicted molar refractivity (Wildman–Crippen MR) is 88.5 cm³/mol. The SMILES string of the molecule is Cc1ccccc1OCC1CCCN(C(=O)c2cn(C)cn2)C1. The Bertz CT molecular complexity index is 680. The molecule has 1 atom stereocenters. The number of aromatic nitrogens is 2. The van der Waals surface area contributed by atoms with E-state index in [0.717, 1.165) is 37.2 Å². The number of likely N-dealkylation sites (tertiary alicyclic amines) is 1. The monoisotopic (exact) mass is 313 g/mol. The zero-order valence-corrected chi connectivity index (χ0v) is 13.7. The van der Waals surface area contributed by atoms with Gasteiger partial charge in [-0.25, -0.2) is 4.98 Å². The first-order chi connectivity index (χ1) is 11.1. The van der Waals surface area contributed by atoms with Crippen molar-refractivity contribution in [2.45, 2.75) is 19.8 Å². The van der Waals surface area contributed by atoms with Crippen molar-refractivity contribution in [3.8, 4) is 5.75 Å². The van der Waals surface area contributed by atoms with Crippen LogP contribution in [0.5, 0.6) is 5.75 Å². The van der Waals surface area contributed by atoms with Crippen LogP contribution >= 0.6 is 0 Å².